The van der Waals surface area contributed by atoms with Gasteiger partial charge in [0.05, 0.1) is 6.04 Å². The van der Waals surface area contributed by atoms with E-state index in [0.717, 1.165) is 12.2 Å². The van der Waals surface area contributed by atoms with Gasteiger partial charge in [-0.15, -0.1) is 10.2 Å². The smallest absolute Gasteiger partial charge is 0.276 e. The van der Waals surface area contributed by atoms with Crippen LogP contribution in [0.4, 0.5) is 0 Å². The summed E-state index contributed by atoms with van der Waals surface area (Å²) in [6, 6.07) is 10.0. The van der Waals surface area contributed by atoms with Gasteiger partial charge in [0, 0.05) is 5.75 Å². The molecule has 0 aliphatic carbocycles. The fraction of sp³-hybridized carbons (Fsp3) is 0.375. The maximum atomic E-state index is 6.02. The molecule has 0 saturated carbocycles. The number of hydrogen-bond acceptors (Lipinski definition) is 5. The molecule has 2 rings (SSSR count). The van der Waals surface area contributed by atoms with Gasteiger partial charge >= 0.3 is 0 Å². The molecule has 0 bridgehead atoms. The minimum atomic E-state index is -0.174. The molecular formula is C16H21N3OS. The fourth-order valence-corrected chi connectivity index (χ4v) is 2.48. The molecule has 1 aromatic heterocycles. The highest BCUT2D eigenvalue weighted by Crippen LogP contribution is 2.22. The number of nitrogens with two attached hydrogens (primary N) is 1. The quantitative estimate of drug-likeness (QED) is 0.785. The van der Waals surface area contributed by atoms with E-state index in [9.17, 15) is 0 Å². The molecule has 21 heavy (non-hydrogen) atoms. The molecule has 0 aliphatic rings. The van der Waals surface area contributed by atoms with Crippen molar-refractivity contribution >= 4 is 17.8 Å². The second kappa shape index (κ2) is 8.00. The Morgan fingerprint density at radius 3 is 2.71 bits per heavy atom. The Balaban J connectivity index is 1.82. The summed E-state index contributed by atoms with van der Waals surface area (Å²) < 4.78 is 5.58. The van der Waals surface area contributed by atoms with E-state index in [0.29, 0.717) is 17.0 Å². The zero-order chi connectivity index (χ0) is 15.1. The summed E-state index contributed by atoms with van der Waals surface area (Å²) >= 11 is 1.51. The average Bonchev–Trinajstić information content (AvgIpc) is 2.93. The number of thioether (sulfide) groups is 1. The van der Waals surface area contributed by atoms with Crippen LogP contribution < -0.4 is 5.73 Å². The van der Waals surface area contributed by atoms with Crippen molar-refractivity contribution in [3.63, 3.8) is 0 Å². The molecule has 1 atom stereocenters. The lowest BCUT2D eigenvalue weighted by Crippen LogP contribution is -2.13. The highest BCUT2D eigenvalue weighted by Gasteiger charge is 2.15. The van der Waals surface area contributed by atoms with Gasteiger partial charge in [-0.25, -0.2) is 0 Å². The molecule has 1 heterocycles. The Bertz CT molecular complexity index is 566. The van der Waals surface area contributed by atoms with Crippen LogP contribution in [-0.2, 0) is 0 Å². The Hall–Kier alpha value is -1.59. The molecular weight excluding hydrogens is 282 g/mol. The minimum absolute atomic E-state index is 0.174. The molecule has 0 unspecified atom stereocenters. The summed E-state index contributed by atoms with van der Waals surface area (Å²) in [5, 5.41) is 8.61. The van der Waals surface area contributed by atoms with Gasteiger partial charge in [-0.2, -0.15) is 0 Å². The highest BCUT2D eigenvalue weighted by atomic mass is 32.2. The van der Waals surface area contributed by atoms with Crippen LogP contribution in [0, 0.1) is 5.92 Å². The van der Waals surface area contributed by atoms with Gasteiger partial charge in [0.1, 0.15) is 0 Å². The average molecular weight is 303 g/mol. The summed E-state index contributed by atoms with van der Waals surface area (Å²) in [6.07, 6.45) is 5.01. The second-order valence-electron chi connectivity index (χ2n) is 5.27. The molecule has 0 fully saturated rings. The lowest BCUT2D eigenvalue weighted by molar-refractivity contribution is 0.361. The Labute approximate surface area is 129 Å². The molecule has 0 saturated heterocycles. The molecule has 0 radical (unpaired) electrons. The van der Waals surface area contributed by atoms with Gasteiger partial charge in [0.25, 0.3) is 5.22 Å². The van der Waals surface area contributed by atoms with Crippen LogP contribution >= 0.6 is 11.8 Å². The van der Waals surface area contributed by atoms with E-state index in [1.807, 2.05) is 18.2 Å². The summed E-state index contributed by atoms with van der Waals surface area (Å²) in [4.78, 5) is 0. The molecule has 2 N–H and O–H groups in total. The summed E-state index contributed by atoms with van der Waals surface area (Å²) in [7, 11) is 0. The van der Waals surface area contributed by atoms with E-state index < -0.39 is 0 Å². The highest BCUT2D eigenvalue weighted by molar-refractivity contribution is 7.99. The van der Waals surface area contributed by atoms with Crippen LogP contribution in [0.3, 0.4) is 0 Å². The third kappa shape index (κ3) is 5.36. The first-order valence-corrected chi connectivity index (χ1v) is 8.07. The SMILES string of the molecule is CC(C)C[C@H](N)c1nnc(SC/C=C/c2ccccc2)o1. The first-order chi connectivity index (χ1) is 10.1. The van der Waals surface area contributed by atoms with E-state index in [1.165, 1.54) is 17.3 Å². The van der Waals surface area contributed by atoms with Crippen molar-refractivity contribution in [2.45, 2.75) is 31.5 Å². The van der Waals surface area contributed by atoms with Gasteiger partial charge in [-0.3, -0.25) is 0 Å². The van der Waals surface area contributed by atoms with E-state index in [4.69, 9.17) is 10.2 Å². The molecule has 5 heteroatoms. The van der Waals surface area contributed by atoms with Crippen molar-refractivity contribution in [3.05, 3.63) is 47.9 Å². The maximum Gasteiger partial charge on any atom is 0.276 e. The Morgan fingerprint density at radius 1 is 1.24 bits per heavy atom. The Kier molecular flexibility index (Phi) is 6.02. The number of hydrogen-bond donors (Lipinski definition) is 1. The first-order valence-electron chi connectivity index (χ1n) is 7.08. The van der Waals surface area contributed by atoms with Crippen LogP contribution in [0.1, 0.15) is 37.8 Å². The summed E-state index contributed by atoms with van der Waals surface area (Å²) in [6.45, 7) is 4.25. The molecule has 0 amide bonds. The minimum Gasteiger partial charge on any atom is -0.414 e. The van der Waals surface area contributed by atoms with Crippen LogP contribution in [0.15, 0.2) is 46.0 Å². The molecule has 0 spiro atoms. The van der Waals surface area contributed by atoms with Crippen LogP contribution in [-0.4, -0.2) is 16.0 Å². The maximum absolute atomic E-state index is 6.02. The van der Waals surface area contributed by atoms with Gasteiger partial charge in [0.2, 0.25) is 5.89 Å². The van der Waals surface area contributed by atoms with E-state index in [-0.39, 0.29) is 6.04 Å². The van der Waals surface area contributed by atoms with Gasteiger partial charge in [-0.05, 0) is 17.9 Å². The van der Waals surface area contributed by atoms with E-state index in [2.05, 4.69) is 48.3 Å². The first kappa shape index (κ1) is 15.8. The summed E-state index contributed by atoms with van der Waals surface area (Å²) in [5.74, 6) is 1.82. The fourth-order valence-electron chi connectivity index (χ4n) is 1.90. The number of nitrogens with zero attached hydrogens (tertiary/aromatic N) is 2. The molecule has 1 aromatic carbocycles. The number of benzene rings is 1. The van der Waals surface area contributed by atoms with Crippen molar-refractivity contribution in [3.8, 4) is 0 Å². The second-order valence-corrected chi connectivity index (χ2v) is 6.24. The third-order valence-corrected chi connectivity index (χ3v) is 3.65. The van der Waals surface area contributed by atoms with Crippen LogP contribution in [0.25, 0.3) is 6.08 Å². The van der Waals surface area contributed by atoms with Crippen molar-refractivity contribution in [1.29, 1.82) is 0 Å². The van der Waals surface area contributed by atoms with Gasteiger partial charge in [0.15, 0.2) is 0 Å². The van der Waals surface area contributed by atoms with Gasteiger partial charge in [-0.1, -0.05) is 68.1 Å². The number of rotatable bonds is 7. The van der Waals surface area contributed by atoms with Gasteiger partial charge < -0.3 is 10.2 Å². The zero-order valence-electron chi connectivity index (χ0n) is 12.4. The van der Waals surface area contributed by atoms with E-state index in [1.54, 1.807) is 0 Å². The molecule has 112 valence electrons. The number of aromatic nitrogens is 2. The molecule has 0 aliphatic heterocycles. The lowest BCUT2D eigenvalue weighted by Gasteiger charge is -2.08. The normalized spacial score (nSPS) is 13.1. The largest absolute Gasteiger partial charge is 0.414 e. The summed E-state index contributed by atoms with van der Waals surface area (Å²) in [5.41, 5.74) is 7.20. The third-order valence-electron chi connectivity index (χ3n) is 2.88. The van der Waals surface area contributed by atoms with Crippen molar-refractivity contribution < 1.29 is 4.42 Å². The standard InChI is InChI=1S/C16H21N3OS/c1-12(2)11-14(17)15-18-19-16(20-15)21-10-6-9-13-7-4-3-5-8-13/h3-9,12,14H,10-11,17H2,1-2H3/b9-6+/t14-/m0/s1. The van der Waals surface area contributed by atoms with Crippen molar-refractivity contribution in [2.24, 2.45) is 11.7 Å². The van der Waals surface area contributed by atoms with Crippen LogP contribution in [0.2, 0.25) is 0 Å². The molecule has 2 aromatic rings. The predicted octanol–water partition coefficient (Wildman–Crippen LogP) is 3.92. The monoisotopic (exact) mass is 303 g/mol. The molecule has 4 nitrogen and oxygen atoms in total. The van der Waals surface area contributed by atoms with Crippen molar-refractivity contribution in [2.75, 3.05) is 5.75 Å². The van der Waals surface area contributed by atoms with Crippen LogP contribution in [0.5, 0.6) is 0 Å². The predicted molar refractivity (Wildman–Crippen MR) is 86.9 cm³/mol. The zero-order valence-corrected chi connectivity index (χ0v) is 13.2. The topological polar surface area (TPSA) is 64.9 Å². The van der Waals surface area contributed by atoms with Crippen molar-refractivity contribution in [1.82, 2.24) is 10.2 Å². The Morgan fingerprint density at radius 2 is 2.00 bits per heavy atom. The lowest BCUT2D eigenvalue weighted by atomic mass is 10.1. The van der Waals surface area contributed by atoms with E-state index >= 15 is 0 Å².